The quantitative estimate of drug-likeness (QED) is 0.848. The molecule has 0 bridgehead atoms. The van der Waals surface area contributed by atoms with E-state index < -0.39 is 0 Å². The predicted molar refractivity (Wildman–Crippen MR) is 61.2 cm³/mol. The van der Waals surface area contributed by atoms with Gasteiger partial charge in [-0.05, 0) is 14.0 Å². The van der Waals surface area contributed by atoms with Crippen LogP contribution >= 0.6 is 11.3 Å². The minimum absolute atomic E-state index is 0.196. The van der Waals surface area contributed by atoms with Crippen LogP contribution in [0, 0.1) is 6.92 Å². The van der Waals surface area contributed by atoms with Crippen LogP contribution in [-0.2, 0) is 6.54 Å². The van der Waals surface area contributed by atoms with Gasteiger partial charge in [-0.3, -0.25) is 9.30 Å². The van der Waals surface area contributed by atoms with Crippen molar-refractivity contribution >= 4 is 16.3 Å². The lowest BCUT2D eigenvalue weighted by Gasteiger charge is -2.14. The summed E-state index contributed by atoms with van der Waals surface area (Å²) < 4.78 is 2.12. The lowest BCUT2D eigenvalue weighted by Crippen LogP contribution is -2.22. The molecule has 0 aliphatic heterocycles. The van der Waals surface area contributed by atoms with Crippen molar-refractivity contribution in [3.63, 3.8) is 0 Å². The first-order valence-electron chi connectivity index (χ1n) is 4.93. The van der Waals surface area contributed by atoms with Crippen LogP contribution in [0.3, 0.4) is 0 Å². The summed E-state index contributed by atoms with van der Waals surface area (Å²) in [5, 5.41) is 10.9. The lowest BCUT2D eigenvalue weighted by atomic mass is 10.3. The van der Waals surface area contributed by atoms with E-state index in [1.54, 1.807) is 11.3 Å². The van der Waals surface area contributed by atoms with Crippen LogP contribution in [0.1, 0.15) is 11.4 Å². The van der Waals surface area contributed by atoms with Gasteiger partial charge in [-0.15, -0.1) is 11.3 Å². The number of thiazole rings is 1. The molecule has 5 heteroatoms. The maximum absolute atomic E-state index is 8.85. The average molecular weight is 225 g/mol. The van der Waals surface area contributed by atoms with Gasteiger partial charge < -0.3 is 5.11 Å². The van der Waals surface area contributed by atoms with Gasteiger partial charge in [0, 0.05) is 24.7 Å². The normalized spacial score (nSPS) is 11.7. The molecule has 0 radical (unpaired) electrons. The molecule has 2 heterocycles. The molecular weight excluding hydrogens is 210 g/mol. The number of rotatable bonds is 4. The minimum Gasteiger partial charge on any atom is -0.395 e. The second kappa shape index (κ2) is 4.30. The summed E-state index contributed by atoms with van der Waals surface area (Å²) in [6.07, 6.45) is 2.04. The fraction of sp³-hybridized carbons (Fsp3) is 0.500. The third-order valence-corrected chi connectivity index (χ3v) is 3.22. The first-order chi connectivity index (χ1) is 7.22. The van der Waals surface area contributed by atoms with Crippen molar-refractivity contribution in [1.82, 2.24) is 14.3 Å². The van der Waals surface area contributed by atoms with Crippen LogP contribution in [-0.4, -0.2) is 39.6 Å². The molecule has 0 atom stereocenters. The van der Waals surface area contributed by atoms with Crippen LogP contribution in [0.5, 0.6) is 0 Å². The second-order valence-corrected chi connectivity index (χ2v) is 4.53. The highest BCUT2D eigenvalue weighted by Crippen LogP contribution is 2.17. The summed E-state index contributed by atoms with van der Waals surface area (Å²) in [5.41, 5.74) is 2.29. The highest BCUT2D eigenvalue weighted by molar-refractivity contribution is 7.15. The molecule has 15 heavy (non-hydrogen) atoms. The molecule has 0 spiro atoms. The van der Waals surface area contributed by atoms with Gasteiger partial charge in [0.2, 0.25) is 0 Å². The van der Waals surface area contributed by atoms with Crippen molar-refractivity contribution in [2.24, 2.45) is 0 Å². The Labute approximate surface area is 92.8 Å². The first-order valence-corrected chi connectivity index (χ1v) is 5.80. The zero-order chi connectivity index (χ0) is 10.8. The Hall–Kier alpha value is -0.910. The standard InChI is InChI=1S/C10H15N3OS/c1-8-9(7-12(2)3-5-14)13-4-6-15-10(13)11-8/h4,6,14H,3,5,7H2,1-2H3. The number of aliphatic hydroxyl groups excluding tert-OH is 1. The van der Waals surface area contributed by atoms with E-state index in [4.69, 9.17) is 5.11 Å². The van der Waals surface area contributed by atoms with Crippen LogP contribution < -0.4 is 0 Å². The molecule has 0 aliphatic carbocycles. The first kappa shape index (κ1) is 10.6. The van der Waals surface area contributed by atoms with Crippen molar-refractivity contribution in [2.75, 3.05) is 20.2 Å². The average Bonchev–Trinajstić information content (AvgIpc) is 2.71. The summed E-state index contributed by atoms with van der Waals surface area (Å²) in [5.74, 6) is 0. The summed E-state index contributed by atoms with van der Waals surface area (Å²) in [6.45, 7) is 3.74. The molecule has 2 rings (SSSR count). The predicted octanol–water partition coefficient (Wildman–Crippen LogP) is 1.13. The molecule has 1 N–H and O–H groups in total. The Morgan fingerprint density at radius 1 is 1.60 bits per heavy atom. The van der Waals surface area contributed by atoms with Gasteiger partial charge in [0.25, 0.3) is 0 Å². The maximum Gasteiger partial charge on any atom is 0.194 e. The van der Waals surface area contributed by atoms with E-state index in [-0.39, 0.29) is 6.61 Å². The third-order valence-electron chi connectivity index (χ3n) is 2.46. The SMILES string of the molecule is Cc1nc2sccn2c1CN(C)CCO. The fourth-order valence-electron chi connectivity index (χ4n) is 1.64. The minimum atomic E-state index is 0.196. The van der Waals surface area contributed by atoms with Crippen LogP contribution in [0.2, 0.25) is 0 Å². The monoisotopic (exact) mass is 225 g/mol. The summed E-state index contributed by atoms with van der Waals surface area (Å²) in [4.78, 5) is 7.61. The summed E-state index contributed by atoms with van der Waals surface area (Å²) >= 11 is 1.65. The largest absolute Gasteiger partial charge is 0.395 e. The summed E-state index contributed by atoms with van der Waals surface area (Å²) in [6, 6.07) is 0. The maximum atomic E-state index is 8.85. The molecule has 4 nitrogen and oxygen atoms in total. The van der Waals surface area contributed by atoms with E-state index in [0.29, 0.717) is 6.54 Å². The van der Waals surface area contributed by atoms with E-state index in [0.717, 1.165) is 17.2 Å². The van der Waals surface area contributed by atoms with E-state index in [9.17, 15) is 0 Å². The Balaban J connectivity index is 2.25. The third kappa shape index (κ3) is 2.04. The van der Waals surface area contributed by atoms with E-state index >= 15 is 0 Å². The zero-order valence-corrected chi connectivity index (χ0v) is 9.79. The number of hydrogen-bond donors (Lipinski definition) is 1. The van der Waals surface area contributed by atoms with Crippen molar-refractivity contribution in [3.8, 4) is 0 Å². The number of aliphatic hydroxyl groups is 1. The number of hydrogen-bond acceptors (Lipinski definition) is 4. The number of aromatic nitrogens is 2. The molecular formula is C10H15N3OS. The van der Waals surface area contributed by atoms with Gasteiger partial charge in [0.05, 0.1) is 18.0 Å². The molecule has 0 saturated carbocycles. The Morgan fingerprint density at radius 3 is 3.13 bits per heavy atom. The zero-order valence-electron chi connectivity index (χ0n) is 8.97. The van der Waals surface area contributed by atoms with Crippen molar-refractivity contribution in [2.45, 2.75) is 13.5 Å². The number of aryl methyl sites for hydroxylation is 1. The molecule has 82 valence electrons. The number of likely N-dealkylation sites (N-methyl/N-ethyl adjacent to an activating group) is 1. The lowest BCUT2D eigenvalue weighted by molar-refractivity contribution is 0.215. The molecule has 0 unspecified atom stereocenters. The Morgan fingerprint density at radius 2 is 2.40 bits per heavy atom. The second-order valence-electron chi connectivity index (χ2n) is 3.66. The highest BCUT2D eigenvalue weighted by Gasteiger charge is 2.10. The van der Waals surface area contributed by atoms with Crippen LogP contribution in [0.4, 0.5) is 0 Å². The Bertz CT molecular complexity index is 448. The molecule has 2 aromatic heterocycles. The molecule has 0 aromatic carbocycles. The van der Waals surface area contributed by atoms with E-state index in [1.807, 2.05) is 25.5 Å². The molecule has 0 saturated heterocycles. The smallest absolute Gasteiger partial charge is 0.194 e. The number of nitrogens with zero attached hydrogens (tertiary/aromatic N) is 3. The number of fused-ring (bicyclic) bond motifs is 1. The van der Waals surface area contributed by atoms with Crippen molar-refractivity contribution < 1.29 is 5.11 Å². The number of imidazole rings is 1. The van der Waals surface area contributed by atoms with Gasteiger partial charge in [-0.1, -0.05) is 0 Å². The fourth-order valence-corrected chi connectivity index (χ4v) is 2.42. The van der Waals surface area contributed by atoms with Crippen LogP contribution in [0.25, 0.3) is 4.96 Å². The molecule has 0 aliphatic rings. The summed E-state index contributed by atoms with van der Waals surface area (Å²) in [7, 11) is 2.00. The van der Waals surface area contributed by atoms with Gasteiger partial charge >= 0.3 is 0 Å². The Kier molecular flexibility index (Phi) is 3.04. The highest BCUT2D eigenvalue weighted by atomic mass is 32.1. The van der Waals surface area contributed by atoms with Crippen molar-refractivity contribution in [3.05, 3.63) is 23.0 Å². The van der Waals surface area contributed by atoms with E-state index in [1.165, 1.54) is 5.69 Å². The van der Waals surface area contributed by atoms with Gasteiger partial charge in [-0.2, -0.15) is 0 Å². The van der Waals surface area contributed by atoms with Gasteiger partial charge in [0.1, 0.15) is 0 Å². The molecule has 0 amide bonds. The van der Waals surface area contributed by atoms with Gasteiger partial charge in [0.15, 0.2) is 4.96 Å². The molecule has 0 fully saturated rings. The van der Waals surface area contributed by atoms with Crippen molar-refractivity contribution in [1.29, 1.82) is 0 Å². The molecule has 2 aromatic rings. The topological polar surface area (TPSA) is 40.8 Å². The van der Waals surface area contributed by atoms with Gasteiger partial charge in [-0.25, -0.2) is 4.98 Å². The van der Waals surface area contributed by atoms with Crippen LogP contribution in [0.15, 0.2) is 11.6 Å². The van der Waals surface area contributed by atoms with E-state index in [2.05, 4.69) is 14.3 Å².